The number of ether oxygens (including phenoxy) is 1. The quantitative estimate of drug-likeness (QED) is 0.802. The third-order valence-corrected chi connectivity index (χ3v) is 2.57. The van der Waals surface area contributed by atoms with Crippen LogP contribution in [-0.4, -0.2) is 19.7 Å². The van der Waals surface area contributed by atoms with Crippen LogP contribution in [0.25, 0.3) is 0 Å². The number of halogens is 1. The second-order valence-corrected chi connectivity index (χ2v) is 3.93. The molecule has 1 aromatic carbocycles. The maximum absolute atomic E-state index is 13.4. The molecule has 0 radical (unpaired) electrons. The number of nitrogens with two attached hydrogens (primary N) is 1. The van der Waals surface area contributed by atoms with Crippen LogP contribution in [0.3, 0.4) is 0 Å². The number of anilines is 2. The highest BCUT2D eigenvalue weighted by Gasteiger charge is 2.15. The predicted octanol–water partition coefficient (Wildman–Crippen LogP) is 2.65. The van der Waals surface area contributed by atoms with Gasteiger partial charge in [0.25, 0.3) is 0 Å². The van der Waals surface area contributed by atoms with Gasteiger partial charge in [-0.25, -0.2) is 4.39 Å². The lowest BCUT2D eigenvalue weighted by Gasteiger charge is -2.29. The fraction of sp³-hybridized carbons (Fsp3) is 0.500. The first kappa shape index (κ1) is 12.6. The van der Waals surface area contributed by atoms with E-state index >= 15 is 0 Å². The van der Waals surface area contributed by atoms with Crippen LogP contribution < -0.4 is 15.4 Å². The van der Waals surface area contributed by atoms with Crippen molar-refractivity contribution in [2.75, 3.05) is 24.3 Å². The van der Waals surface area contributed by atoms with E-state index in [0.29, 0.717) is 11.7 Å². The Morgan fingerprint density at radius 2 is 2.06 bits per heavy atom. The van der Waals surface area contributed by atoms with Crippen molar-refractivity contribution in [2.24, 2.45) is 0 Å². The van der Waals surface area contributed by atoms with Crippen molar-refractivity contribution in [3.8, 4) is 5.75 Å². The van der Waals surface area contributed by atoms with Gasteiger partial charge in [-0.2, -0.15) is 0 Å². The van der Waals surface area contributed by atoms with Gasteiger partial charge in [-0.1, -0.05) is 0 Å². The lowest BCUT2D eigenvalue weighted by molar-refractivity contribution is 0.386. The van der Waals surface area contributed by atoms with Gasteiger partial charge in [-0.15, -0.1) is 0 Å². The van der Waals surface area contributed by atoms with E-state index in [-0.39, 0.29) is 5.75 Å². The third kappa shape index (κ3) is 2.38. The predicted molar refractivity (Wildman–Crippen MR) is 65.5 cm³/mol. The minimum absolute atomic E-state index is 0.225. The molecule has 0 aliphatic heterocycles. The lowest BCUT2D eigenvalue weighted by Crippen LogP contribution is -2.31. The molecule has 0 saturated carbocycles. The molecule has 0 heterocycles. The molecule has 90 valence electrons. The summed E-state index contributed by atoms with van der Waals surface area (Å²) in [5, 5.41) is 0. The molecule has 0 atom stereocenters. The maximum Gasteiger partial charge on any atom is 0.167 e. The zero-order valence-electron chi connectivity index (χ0n) is 10.2. The fourth-order valence-electron chi connectivity index (χ4n) is 1.78. The number of hydrogen-bond donors (Lipinski definition) is 1. The van der Waals surface area contributed by atoms with E-state index in [1.807, 2.05) is 6.92 Å². The first-order valence-electron chi connectivity index (χ1n) is 5.40. The van der Waals surface area contributed by atoms with Crippen molar-refractivity contribution < 1.29 is 9.13 Å². The van der Waals surface area contributed by atoms with Crippen LogP contribution in [-0.2, 0) is 0 Å². The fourth-order valence-corrected chi connectivity index (χ4v) is 1.78. The van der Waals surface area contributed by atoms with Gasteiger partial charge in [0.15, 0.2) is 11.6 Å². The van der Waals surface area contributed by atoms with Crippen molar-refractivity contribution >= 4 is 11.4 Å². The molecule has 0 aliphatic carbocycles. The number of methoxy groups -OCH3 is 1. The van der Waals surface area contributed by atoms with Crippen LogP contribution in [0, 0.1) is 5.82 Å². The molecular formula is C12H19FN2O. The van der Waals surface area contributed by atoms with E-state index in [1.165, 1.54) is 13.2 Å². The number of hydrogen-bond acceptors (Lipinski definition) is 3. The standard InChI is InChI=1S/C12H19FN2O/c1-5-15(8(2)3)11-7-12(16-4)9(13)6-10(11)14/h6-8H,5,14H2,1-4H3. The molecular weight excluding hydrogens is 207 g/mol. The third-order valence-electron chi connectivity index (χ3n) is 2.57. The molecule has 0 aliphatic rings. The molecule has 4 heteroatoms. The second-order valence-electron chi connectivity index (χ2n) is 3.93. The van der Waals surface area contributed by atoms with Crippen molar-refractivity contribution in [3.63, 3.8) is 0 Å². The molecule has 0 bridgehead atoms. The van der Waals surface area contributed by atoms with Gasteiger partial charge in [0.1, 0.15) is 0 Å². The number of benzene rings is 1. The molecule has 0 saturated heterocycles. The first-order chi connectivity index (χ1) is 7.51. The molecule has 2 N–H and O–H groups in total. The highest BCUT2D eigenvalue weighted by molar-refractivity contribution is 5.70. The lowest BCUT2D eigenvalue weighted by atomic mass is 10.2. The van der Waals surface area contributed by atoms with Crippen molar-refractivity contribution in [2.45, 2.75) is 26.8 Å². The Kier molecular flexibility index (Phi) is 3.99. The average Bonchev–Trinajstić information content (AvgIpc) is 2.21. The SMILES string of the molecule is CCN(c1cc(OC)c(F)cc1N)C(C)C. The van der Waals surface area contributed by atoms with Gasteiger partial charge in [-0.3, -0.25) is 0 Å². The van der Waals surface area contributed by atoms with E-state index in [9.17, 15) is 4.39 Å². The highest BCUT2D eigenvalue weighted by atomic mass is 19.1. The zero-order chi connectivity index (χ0) is 12.3. The minimum Gasteiger partial charge on any atom is -0.494 e. The Morgan fingerprint density at radius 3 is 2.50 bits per heavy atom. The van der Waals surface area contributed by atoms with Gasteiger partial charge >= 0.3 is 0 Å². The van der Waals surface area contributed by atoms with E-state index in [0.717, 1.165) is 12.2 Å². The topological polar surface area (TPSA) is 38.5 Å². The van der Waals surface area contributed by atoms with Crippen molar-refractivity contribution in [1.82, 2.24) is 0 Å². The van der Waals surface area contributed by atoms with E-state index in [4.69, 9.17) is 10.5 Å². The Bertz CT molecular complexity index is 366. The van der Waals surface area contributed by atoms with Crippen LogP contribution in [0.1, 0.15) is 20.8 Å². The second kappa shape index (κ2) is 5.05. The smallest absolute Gasteiger partial charge is 0.167 e. The molecule has 1 rings (SSSR count). The summed E-state index contributed by atoms with van der Waals surface area (Å²) in [4.78, 5) is 2.09. The molecule has 0 aromatic heterocycles. The zero-order valence-corrected chi connectivity index (χ0v) is 10.2. The van der Waals surface area contributed by atoms with Gasteiger partial charge < -0.3 is 15.4 Å². The number of nitrogen functional groups attached to an aromatic ring is 1. The molecule has 0 fully saturated rings. The Morgan fingerprint density at radius 1 is 1.44 bits per heavy atom. The molecule has 1 aromatic rings. The monoisotopic (exact) mass is 226 g/mol. The van der Waals surface area contributed by atoms with Crippen LogP contribution >= 0.6 is 0 Å². The number of nitrogens with zero attached hydrogens (tertiary/aromatic N) is 1. The van der Waals surface area contributed by atoms with E-state index < -0.39 is 5.82 Å². The summed E-state index contributed by atoms with van der Waals surface area (Å²) in [6.45, 7) is 6.99. The molecule has 16 heavy (non-hydrogen) atoms. The normalized spacial score (nSPS) is 10.6. The van der Waals surface area contributed by atoms with Crippen LogP contribution in [0.4, 0.5) is 15.8 Å². The van der Waals surface area contributed by atoms with Crippen LogP contribution in [0.2, 0.25) is 0 Å². The summed E-state index contributed by atoms with van der Waals surface area (Å²) in [5.41, 5.74) is 7.08. The van der Waals surface area contributed by atoms with Gasteiger partial charge in [-0.05, 0) is 20.8 Å². The van der Waals surface area contributed by atoms with Crippen LogP contribution in [0.5, 0.6) is 5.75 Å². The van der Waals surface area contributed by atoms with E-state index in [2.05, 4.69) is 18.7 Å². The average molecular weight is 226 g/mol. The highest BCUT2D eigenvalue weighted by Crippen LogP contribution is 2.31. The molecule has 3 nitrogen and oxygen atoms in total. The van der Waals surface area contributed by atoms with Crippen LogP contribution in [0.15, 0.2) is 12.1 Å². The molecule has 0 spiro atoms. The van der Waals surface area contributed by atoms with Gasteiger partial charge in [0.05, 0.1) is 18.5 Å². The summed E-state index contributed by atoms with van der Waals surface area (Å²) in [6.07, 6.45) is 0. The summed E-state index contributed by atoms with van der Waals surface area (Å²) in [6, 6.07) is 3.26. The Labute approximate surface area is 96.0 Å². The summed E-state index contributed by atoms with van der Waals surface area (Å²) < 4.78 is 18.3. The van der Waals surface area contributed by atoms with Gasteiger partial charge in [0, 0.05) is 24.7 Å². The summed E-state index contributed by atoms with van der Waals surface area (Å²) >= 11 is 0. The Hall–Kier alpha value is -1.45. The maximum atomic E-state index is 13.4. The van der Waals surface area contributed by atoms with Crippen molar-refractivity contribution in [3.05, 3.63) is 17.9 Å². The van der Waals surface area contributed by atoms with E-state index in [1.54, 1.807) is 6.07 Å². The summed E-state index contributed by atoms with van der Waals surface area (Å²) in [5.74, 6) is -0.202. The molecule has 0 unspecified atom stereocenters. The largest absolute Gasteiger partial charge is 0.494 e. The Balaban J connectivity index is 3.21. The molecule has 0 amide bonds. The summed E-state index contributed by atoms with van der Waals surface area (Å²) in [7, 11) is 1.45. The van der Waals surface area contributed by atoms with Gasteiger partial charge in [0.2, 0.25) is 0 Å². The minimum atomic E-state index is -0.427. The van der Waals surface area contributed by atoms with Crippen molar-refractivity contribution in [1.29, 1.82) is 0 Å². The first-order valence-corrected chi connectivity index (χ1v) is 5.40. The number of rotatable bonds is 4.